The molecule has 0 spiro atoms. The highest BCUT2D eigenvalue weighted by Gasteiger charge is 2.27. The Bertz CT molecular complexity index is 1390. The summed E-state index contributed by atoms with van der Waals surface area (Å²) < 4.78 is 13.0. The van der Waals surface area contributed by atoms with Crippen LogP contribution in [0.4, 0.5) is 0 Å². The standard InChI is InChI=1S/C24H20N4O4/c1-15-19(24(30)28(27-15)18-9-3-2-4-10-18)13-25-26-23(29)22-14-31-20-11-16-7-5-6-8-17(16)12-21(20)32-22/h2-13,22,27H,14H2,1H3,(H,26,29). The van der Waals surface area contributed by atoms with Crippen molar-refractivity contribution in [2.75, 3.05) is 6.61 Å². The van der Waals surface area contributed by atoms with E-state index in [1.807, 2.05) is 66.7 Å². The van der Waals surface area contributed by atoms with Crippen LogP contribution in [0.2, 0.25) is 0 Å². The largest absolute Gasteiger partial charge is 0.485 e. The summed E-state index contributed by atoms with van der Waals surface area (Å²) >= 11 is 0. The monoisotopic (exact) mass is 428 g/mol. The van der Waals surface area contributed by atoms with Crippen LogP contribution in [0, 0.1) is 6.92 Å². The third kappa shape index (κ3) is 3.62. The van der Waals surface area contributed by atoms with Gasteiger partial charge in [-0.2, -0.15) is 5.10 Å². The molecule has 0 bridgehead atoms. The van der Waals surface area contributed by atoms with Crippen molar-refractivity contribution in [3.63, 3.8) is 0 Å². The molecule has 1 aliphatic heterocycles. The van der Waals surface area contributed by atoms with Gasteiger partial charge in [0.25, 0.3) is 11.5 Å². The molecule has 1 amide bonds. The van der Waals surface area contributed by atoms with Crippen molar-refractivity contribution >= 4 is 22.9 Å². The van der Waals surface area contributed by atoms with E-state index in [1.165, 1.54) is 10.9 Å². The number of hydrogen-bond donors (Lipinski definition) is 2. The van der Waals surface area contributed by atoms with E-state index in [0.29, 0.717) is 28.4 Å². The molecule has 0 fully saturated rings. The van der Waals surface area contributed by atoms with E-state index >= 15 is 0 Å². The zero-order valence-corrected chi connectivity index (χ0v) is 17.2. The Morgan fingerprint density at radius 3 is 2.53 bits per heavy atom. The van der Waals surface area contributed by atoms with Crippen LogP contribution in [0.15, 0.2) is 76.6 Å². The van der Waals surface area contributed by atoms with Crippen molar-refractivity contribution in [1.82, 2.24) is 15.2 Å². The Morgan fingerprint density at radius 1 is 1.09 bits per heavy atom. The fourth-order valence-electron chi connectivity index (χ4n) is 3.59. The van der Waals surface area contributed by atoms with Crippen LogP contribution in [0.1, 0.15) is 11.3 Å². The first kappa shape index (κ1) is 19.6. The summed E-state index contributed by atoms with van der Waals surface area (Å²) in [7, 11) is 0. The maximum absolute atomic E-state index is 12.7. The number of nitrogens with zero attached hydrogens (tertiary/aromatic N) is 2. The molecule has 3 aromatic carbocycles. The van der Waals surface area contributed by atoms with E-state index in [9.17, 15) is 9.59 Å². The number of amides is 1. The number of ether oxygens (including phenoxy) is 2. The Hall–Kier alpha value is -4.33. The van der Waals surface area contributed by atoms with Gasteiger partial charge in [-0.05, 0) is 42.0 Å². The lowest BCUT2D eigenvalue weighted by atomic mass is 10.1. The first-order valence-corrected chi connectivity index (χ1v) is 10.1. The highest BCUT2D eigenvalue weighted by Crippen LogP contribution is 2.35. The molecule has 8 nitrogen and oxygen atoms in total. The predicted octanol–water partition coefficient (Wildman–Crippen LogP) is 2.92. The second kappa shape index (κ2) is 8.07. The van der Waals surface area contributed by atoms with Gasteiger partial charge in [0.2, 0.25) is 6.10 Å². The molecule has 2 heterocycles. The Labute approximate surface area is 183 Å². The summed E-state index contributed by atoms with van der Waals surface area (Å²) in [5.41, 5.74) is 3.88. The molecular weight excluding hydrogens is 408 g/mol. The van der Waals surface area contributed by atoms with E-state index < -0.39 is 12.0 Å². The lowest BCUT2D eigenvalue weighted by Crippen LogP contribution is -2.42. The molecule has 8 heteroatoms. The number of carbonyl (C=O) groups excluding carboxylic acids is 1. The minimum Gasteiger partial charge on any atom is -0.485 e. The minimum absolute atomic E-state index is 0.0662. The summed E-state index contributed by atoms with van der Waals surface area (Å²) in [5.74, 6) is 0.642. The van der Waals surface area contributed by atoms with Crippen molar-refractivity contribution in [3.05, 3.63) is 88.3 Å². The van der Waals surface area contributed by atoms with Gasteiger partial charge < -0.3 is 9.47 Å². The quantitative estimate of drug-likeness (QED) is 0.386. The summed E-state index contributed by atoms with van der Waals surface area (Å²) in [5, 5.41) is 8.99. The summed E-state index contributed by atoms with van der Waals surface area (Å²) in [4.78, 5) is 25.2. The maximum atomic E-state index is 12.7. The van der Waals surface area contributed by atoms with Crippen LogP contribution in [0.3, 0.4) is 0 Å². The van der Waals surface area contributed by atoms with Crippen LogP contribution in [0.5, 0.6) is 11.5 Å². The normalized spacial score (nSPS) is 15.2. The highest BCUT2D eigenvalue weighted by atomic mass is 16.6. The second-order valence-electron chi connectivity index (χ2n) is 7.42. The predicted molar refractivity (Wildman–Crippen MR) is 121 cm³/mol. The van der Waals surface area contributed by atoms with E-state index in [1.54, 1.807) is 6.92 Å². The topological polar surface area (TPSA) is 97.7 Å². The Kier molecular flexibility index (Phi) is 4.95. The van der Waals surface area contributed by atoms with E-state index in [4.69, 9.17) is 9.47 Å². The third-order valence-electron chi connectivity index (χ3n) is 5.26. The number of hydrazone groups is 1. The number of rotatable bonds is 4. The van der Waals surface area contributed by atoms with Gasteiger partial charge in [0.05, 0.1) is 17.5 Å². The number of aromatic amines is 1. The molecule has 32 heavy (non-hydrogen) atoms. The number of aryl methyl sites for hydroxylation is 1. The number of carbonyl (C=O) groups is 1. The van der Waals surface area contributed by atoms with Gasteiger partial charge >= 0.3 is 0 Å². The molecule has 1 unspecified atom stereocenters. The van der Waals surface area contributed by atoms with Gasteiger partial charge in [-0.15, -0.1) is 0 Å². The molecule has 0 aliphatic carbocycles. The SMILES string of the molecule is Cc1[nH]n(-c2ccccc2)c(=O)c1C=NNC(=O)C1COc2cc3ccccc3cc2O1. The third-order valence-corrected chi connectivity index (χ3v) is 5.26. The highest BCUT2D eigenvalue weighted by molar-refractivity contribution is 5.88. The number of aromatic nitrogens is 2. The van der Waals surface area contributed by atoms with Crippen molar-refractivity contribution < 1.29 is 14.3 Å². The van der Waals surface area contributed by atoms with E-state index in [-0.39, 0.29) is 12.2 Å². The molecule has 0 saturated heterocycles. The molecule has 0 saturated carbocycles. The van der Waals surface area contributed by atoms with Crippen molar-refractivity contribution in [3.8, 4) is 17.2 Å². The zero-order chi connectivity index (χ0) is 22.1. The van der Waals surface area contributed by atoms with Gasteiger partial charge in [-0.1, -0.05) is 42.5 Å². The lowest BCUT2D eigenvalue weighted by Gasteiger charge is -2.25. The zero-order valence-electron chi connectivity index (χ0n) is 17.2. The molecule has 1 atom stereocenters. The van der Waals surface area contributed by atoms with Crippen molar-refractivity contribution in [2.45, 2.75) is 13.0 Å². The lowest BCUT2D eigenvalue weighted by molar-refractivity contribution is -0.130. The number of hydrogen-bond acceptors (Lipinski definition) is 5. The number of para-hydroxylation sites is 1. The number of nitrogens with one attached hydrogen (secondary N) is 2. The van der Waals surface area contributed by atoms with Crippen LogP contribution >= 0.6 is 0 Å². The number of benzene rings is 3. The second-order valence-corrected chi connectivity index (χ2v) is 7.42. The smallest absolute Gasteiger partial charge is 0.284 e. The molecule has 160 valence electrons. The van der Waals surface area contributed by atoms with E-state index in [0.717, 1.165) is 10.8 Å². The summed E-state index contributed by atoms with van der Waals surface area (Å²) in [6, 6.07) is 20.8. The van der Waals surface area contributed by atoms with Crippen molar-refractivity contribution in [1.29, 1.82) is 0 Å². The fraction of sp³-hybridized carbons (Fsp3) is 0.125. The fourth-order valence-corrected chi connectivity index (χ4v) is 3.59. The van der Waals surface area contributed by atoms with E-state index in [2.05, 4.69) is 15.6 Å². The first-order valence-electron chi connectivity index (χ1n) is 10.1. The van der Waals surface area contributed by atoms with Gasteiger partial charge in [0.1, 0.15) is 6.61 Å². The van der Waals surface area contributed by atoms with Crippen LogP contribution < -0.4 is 20.5 Å². The molecule has 0 radical (unpaired) electrons. The molecule has 1 aliphatic rings. The summed E-state index contributed by atoms with van der Waals surface area (Å²) in [6.07, 6.45) is 0.477. The molecule has 5 rings (SSSR count). The van der Waals surface area contributed by atoms with Gasteiger partial charge in [0.15, 0.2) is 11.5 Å². The molecule has 2 N–H and O–H groups in total. The van der Waals surface area contributed by atoms with Gasteiger partial charge in [-0.3, -0.25) is 14.7 Å². The summed E-state index contributed by atoms with van der Waals surface area (Å²) in [6.45, 7) is 1.83. The van der Waals surface area contributed by atoms with Gasteiger partial charge in [0, 0.05) is 5.69 Å². The molecule has 4 aromatic rings. The maximum Gasteiger partial charge on any atom is 0.284 e. The number of H-pyrrole nitrogens is 1. The Balaban J connectivity index is 1.29. The Morgan fingerprint density at radius 2 is 1.78 bits per heavy atom. The van der Waals surface area contributed by atoms with Crippen LogP contribution in [-0.4, -0.2) is 34.6 Å². The first-order chi connectivity index (χ1) is 15.6. The average Bonchev–Trinajstić information content (AvgIpc) is 3.11. The number of fused-ring (bicyclic) bond motifs is 2. The van der Waals surface area contributed by atoms with Crippen LogP contribution in [-0.2, 0) is 4.79 Å². The van der Waals surface area contributed by atoms with Gasteiger partial charge in [-0.25, -0.2) is 10.1 Å². The molecular formula is C24H20N4O4. The molecule has 1 aromatic heterocycles. The van der Waals surface area contributed by atoms with Crippen molar-refractivity contribution in [2.24, 2.45) is 5.10 Å². The minimum atomic E-state index is -0.853. The van der Waals surface area contributed by atoms with Crippen LogP contribution in [0.25, 0.3) is 16.5 Å². The average molecular weight is 428 g/mol.